The molecule has 1 aromatic rings. The van der Waals surface area contributed by atoms with Gasteiger partial charge in [-0.2, -0.15) is 0 Å². The van der Waals surface area contributed by atoms with Gasteiger partial charge in [-0.05, 0) is 49.4 Å². The lowest BCUT2D eigenvalue weighted by molar-refractivity contribution is 0.273. The van der Waals surface area contributed by atoms with E-state index in [0.29, 0.717) is 12.5 Å². The van der Waals surface area contributed by atoms with Crippen LogP contribution in [0.25, 0.3) is 0 Å². The molecule has 0 bridgehead atoms. The van der Waals surface area contributed by atoms with Crippen LogP contribution in [0.4, 0.5) is 0 Å². The second kappa shape index (κ2) is 10.7. The number of hydrogen-bond acceptors (Lipinski definition) is 3. The zero-order valence-electron chi connectivity index (χ0n) is 12.9. The van der Waals surface area contributed by atoms with Crippen LogP contribution in [0, 0.1) is 5.92 Å². The molecule has 2 N–H and O–H groups in total. The van der Waals surface area contributed by atoms with Crippen molar-refractivity contribution in [1.29, 1.82) is 0 Å². The lowest BCUT2D eigenvalue weighted by Gasteiger charge is -2.10. The second-order valence-corrected chi connectivity index (χ2v) is 5.66. The Morgan fingerprint density at radius 3 is 2.70 bits per heavy atom. The van der Waals surface area contributed by atoms with E-state index in [1.165, 1.54) is 5.56 Å². The van der Waals surface area contributed by atoms with Crippen molar-refractivity contribution < 1.29 is 9.84 Å². The number of hydrogen-bond donors (Lipinski definition) is 2. The topological polar surface area (TPSA) is 41.5 Å². The van der Waals surface area contributed by atoms with Crippen LogP contribution in [0.15, 0.2) is 24.3 Å². The predicted octanol–water partition coefficient (Wildman–Crippen LogP) is 3.36. The summed E-state index contributed by atoms with van der Waals surface area (Å²) in [6, 6.07) is 8.30. The van der Waals surface area contributed by atoms with Crippen molar-refractivity contribution in [3.8, 4) is 5.75 Å². The van der Waals surface area contributed by atoms with E-state index in [1.54, 1.807) is 0 Å². The van der Waals surface area contributed by atoms with E-state index < -0.39 is 0 Å². The molecule has 0 spiro atoms. The van der Waals surface area contributed by atoms with Crippen molar-refractivity contribution in [2.45, 2.75) is 46.1 Å². The van der Waals surface area contributed by atoms with Gasteiger partial charge in [-0.25, -0.2) is 0 Å². The summed E-state index contributed by atoms with van der Waals surface area (Å²) in [5.41, 5.74) is 1.27. The number of ether oxygens (including phenoxy) is 1. The van der Waals surface area contributed by atoms with Gasteiger partial charge >= 0.3 is 0 Å². The van der Waals surface area contributed by atoms with E-state index in [0.717, 1.165) is 51.1 Å². The van der Waals surface area contributed by atoms with Crippen LogP contribution in [0.3, 0.4) is 0 Å². The molecule has 0 radical (unpaired) electrons. The standard InChI is InChI=1S/C17H29NO2/c1-15(2)13-18-14-16-8-7-9-17(12-16)20-11-6-4-3-5-10-19/h7-9,12,15,18-19H,3-6,10-11,13-14H2,1-2H3. The van der Waals surface area contributed by atoms with Gasteiger partial charge in [-0.3, -0.25) is 0 Å². The highest BCUT2D eigenvalue weighted by molar-refractivity contribution is 5.28. The average molecular weight is 279 g/mol. The van der Waals surface area contributed by atoms with Crippen molar-refractivity contribution in [1.82, 2.24) is 5.32 Å². The lowest BCUT2D eigenvalue weighted by Crippen LogP contribution is -2.18. The van der Waals surface area contributed by atoms with E-state index in [-0.39, 0.29) is 0 Å². The highest BCUT2D eigenvalue weighted by Crippen LogP contribution is 2.14. The summed E-state index contributed by atoms with van der Waals surface area (Å²) in [5.74, 6) is 1.63. The van der Waals surface area contributed by atoms with Crippen molar-refractivity contribution in [2.24, 2.45) is 5.92 Å². The fourth-order valence-corrected chi connectivity index (χ4v) is 2.01. The normalized spacial score (nSPS) is 11.0. The first-order chi connectivity index (χ1) is 9.72. The van der Waals surface area contributed by atoms with Crippen LogP contribution in [-0.4, -0.2) is 24.9 Å². The van der Waals surface area contributed by atoms with E-state index in [4.69, 9.17) is 9.84 Å². The second-order valence-electron chi connectivity index (χ2n) is 5.66. The van der Waals surface area contributed by atoms with Gasteiger partial charge in [0.1, 0.15) is 5.75 Å². The highest BCUT2D eigenvalue weighted by atomic mass is 16.5. The minimum Gasteiger partial charge on any atom is -0.494 e. The van der Waals surface area contributed by atoms with Gasteiger partial charge in [-0.1, -0.05) is 32.4 Å². The van der Waals surface area contributed by atoms with Gasteiger partial charge in [0, 0.05) is 13.2 Å². The molecular formula is C17H29NO2. The maximum Gasteiger partial charge on any atom is 0.119 e. The van der Waals surface area contributed by atoms with Crippen LogP contribution in [0.2, 0.25) is 0 Å². The monoisotopic (exact) mass is 279 g/mol. The Morgan fingerprint density at radius 2 is 1.95 bits per heavy atom. The van der Waals surface area contributed by atoms with Gasteiger partial charge in [0.25, 0.3) is 0 Å². The Bertz CT molecular complexity index is 353. The first kappa shape index (κ1) is 17.0. The summed E-state index contributed by atoms with van der Waals surface area (Å²) in [5, 5.41) is 12.1. The molecule has 1 aromatic carbocycles. The molecule has 0 aliphatic rings. The summed E-state index contributed by atoms with van der Waals surface area (Å²) in [7, 11) is 0. The molecule has 0 aliphatic carbocycles. The first-order valence-corrected chi connectivity index (χ1v) is 7.75. The molecule has 20 heavy (non-hydrogen) atoms. The quantitative estimate of drug-likeness (QED) is 0.610. The van der Waals surface area contributed by atoms with Crippen LogP contribution in [-0.2, 0) is 6.54 Å². The van der Waals surface area contributed by atoms with E-state index in [1.807, 2.05) is 12.1 Å². The molecule has 0 heterocycles. The molecule has 1 rings (SSSR count). The van der Waals surface area contributed by atoms with Gasteiger partial charge in [0.15, 0.2) is 0 Å². The Kier molecular flexibility index (Phi) is 9.09. The minimum absolute atomic E-state index is 0.298. The number of unbranched alkanes of at least 4 members (excludes halogenated alkanes) is 3. The molecular weight excluding hydrogens is 250 g/mol. The summed E-state index contributed by atoms with van der Waals surface area (Å²) in [6.07, 6.45) is 4.15. The van der Waals surface area contributed by atoms with Crippen LogP contribution in [0.1, 0.15) is 45.1 Å². The lowest BCUT2D eigenvalue weighted by atomic mass is 10.2. The number of nitrogens with one attached hydrogen (secondary N) is 1. The van der Waals surface area contributed by atoms with Gasteiger partial charge < -0.3 is 15.2 Å². The van der Waals surface area contributed by atoms with Gasteiger partial charge in [0.2, 0.25) is 0 Å². The zero-order chi connectivity index (χ0) is 14.6. The maximum absolute atomic E-state index is 8.70. The smallest absolute Gasteiger partial charge is 0.119 e. The van der Waals surface area contributed by atoms with E-state index in [2.05, 4.69) is 31.3 Å². The molecule has 0 saturated carbocycles. The molecule has 0 unspecified atom stereocenters. The maximum atomic E-state index is 8.70. The van der Waals surface area contributed by atoms with Crippen molar-refractivity contribution in [2.75, 3.05) is 19.8 Å². The number of benzene rings is 1. The molecule has 0 aliphatic heterocycles. The number of rotatable bonds is 11. The summed E-state index contributed by atoms with van der Waals surface area (Å²) < 4.78 is 5.76. The van der Waals surface area contributed by atoms with Crippen molar-refractivity contribution in [3.63, 3.8) is 0 Å². The third-order valence-corrected chi connectivity index (χ3v) is 3.10. The fourth-order valence-electron chi connectivity index (χ4n) is 2.01. The van der Waals surface area contributed by atoms with E-state index in [9.17, 15) is 0 Å². The Hall–Kier alpha value is -1.06. The molecule has 0 amide bonds. The average Bonchev–Trinajstić information content (AvgIpc) is 2.43. The third kappa shape index (κ3) is 8.18. The van der Waals surface area contributed by atoms with Crippen molar-refractivity contribution >= 4 is 0 Å². The van der Waals surface area contributed by atoms with Crippen LogP contribution in [0.5, 0.6) is 5.75 Å². The SMILES string of the molecule is CC(C)CNCc1cccc(OCCCCCCO)c1. The molecule has 114 valence electrons. The first-order valence-electron chi connectivity index (χ1n) is 7.75. The number of aliphatic hydroxyl groups excluding tert-OH is 1. The Balaban J connectivity index is 2.22. The molecule has 3 heteroatoms. The van der Waals surface area contributed by atoms with E-state index >= 15 is 0 Å². The minimum atomic E-state index is 0.298. The Morgan fingerprint density at radius 1 is 1.15 bits per heavy atom. The summed E-state index contributed by atoms with van der Waals surface area (Å²) in [4.78, 5) is 0. The summed E-state index contributed by atoms with van der Waals surface area (Å²) >= 11 is 0. The summed E-state index contributed by atoms with van der Waals surface area (Å²) in [6.45, 7) is 7.41. The third-order valence-electron chi connectivity index (χ3n) is 3.10. The molecule has 0 aromatic heterocycles. The largest absolute Gasteiger partial charge is 0.494 e. The molecule has 0 atom stereocenters. The Labute approximate surface area is 123 Å². The van der Waals surface area contributed by atoms with Gasteiger partial charge in [-0.15, -0.1) is 0 Å². The highest BCUT2D eigenvalue weighted by Gasteiger charge is 1.98. The predicted molar refractivity (Wildman–Crippen MR) is 84.0 cm³/mol. The fraction of sp³-hybridized carbons (Fsp3) is 0.647. The molecule has 0 fully saturated rings. The van der Waals surface area contributed by atoms with Crippen molar-refractivity contribution in [3.05, 3.63) is 29.8 Å². The molecule has 0 saturated heterocycles. The van der Waals surface area contributed by atoms with Gasteiger partial charge in [0.05, 0.1) is 6.61 Å². The zero-order valence-corrected chi connectivity index (χ0v) is 12.9. The van der Waals surface area contributed by atoms with Crippen LogP contribution < -0.4 is 10.1 Å². The van der Waals surface area contributed by atoms with Crippen LogP contribution >= 0.6 is 0 Å². The number of aliphatic hydroxyl groups is 1. The molecule has 3 nitrogen and oxygen atoms in total.